The number of hydrogen-bond acceptors (Lipinski definition) is 4. The van der Waals surface area contributed by atoms with Gasteiger partial charge in [-0.15, -0.1) is 0 Å². The van der Waals surface area contributed by atoms with Crippen LogP contribution in [0.5, 0.6) is 0 Å². The Bertz CT molecular complexity index is 391. The fourth-order valence-corrected chi connectivity index (χ4v) is 1.40. The van der Waals surface area contributed by atoms with Gasteiger partial charge in [0.1, 0.15) is 11.1 Å². The molecule has 0 spiro atoms. The molecular weight excluding hydrogens is 334 g/mol. The van der Waals surface area contributed by atoms with E-state index < -0.39 is 11.9 Å². The lowest BCUT2D eigenvalue weighted by Gasteiger charge is -2.01. The Morgan fingerprint density at radius 2 is 2.20 bits per heavy atom. The normalized spacial score (nSPS) is 9.80. The van der Waals surface area contributed by atoms with Crippen LogP contribution in [0.15, 0.2) is 9.08 Å². The second-order valence-electron chi connectivity index (χ2n) is 2.46. The molecule has 82 valence electrons. The van der Waals surface area contributed by atoms with E-state index >= 15 is 0 Å². The Labute approximate surface area is 102 Å². The van der Waals surface area contributed by atoms with Gasteiger partial charge in [0.25, 0.3) is 5.91 Å². The number of carbonyl (C=O) groups excluding carboxylic acids is 2. The van der Waals surface area contributed by atoms with E-state index in [1.165, 1.54) is 7.11 Å². The number of aromatic nitrogens is 2. The van der Waals surface area contributed by atoms with Gasteiger partial charge in [0.05, 0.1) is 11.6 Å². The molecule has 0 aliphatic heterocycles. The molecule has 1 amide bonds. The first-order valence-electron chi connectivity index (χ1n) is 3.80. The third-order valence-electron chi connectivity index (χ3n) is 1.50. The van der Waals surface area contributed by atoms with E-state index in [4.69, 9.17) is 0 Å². The maximum Gasteiger partial charge on any atom is 0.325 e. The van der Waals surface area contributed by atoms with E-state index in [1.54, 1.807) is 0 Å². The largest absolute Gasteiger partial charge is 0.468 e. The van der Waals surface area contributed by atoms with Gasteiger partial charge in [-0.1, -0.05) is 0 Å². The number of nitrogens with zero attached hydrogens (tertiary/aromatic N) is 1. The van der Waals surface area contributed by atoms with Gasteiger partial charge in [0.2, 0.25) is 0 Å². The van der Waals surface area contributed by atoms with Crippen LogP contribution in [0, 0.1) is 0 Å². The maximum atomic E-state index is 11.4. The molecule has 0 bridgehead atoms. The van der Waals surface area contributed by atoms with Crippen LogP contribution in [0.3, 0.4) is 0 Å². The summed E-state index contributed by atoms with van der Waals surface area (Å²) < 4.78 is 5.43. The molecule has 0 saturated heterocycles. The number of hydrogen-bond donors (Lipinski definition) is 2. The van der Waals surface area contributed by atoms with Crippen molar-refractivity contribution in [1.82, 2.24) is 15.5 Å². The molecule has 2 N–H and O–H groups in total. The van der Waals surface area contributed by atoms with Gasteiger partial charge >= 0.3 is 5.97 Å². The molecule has 1 rings (SSSR count). The molecule has 0 unspecified atom stereocenters. The predicted molar refractivity (Wildman–Crippen MR) is 58.3 cm³/mol. The van der Waals surface area contributed by atoms with Crippen LogP contribution >= 0.6 is 31.9 Å². The smallest absolute Gasteiger partial charge is 0.325 e. The second kappa shape index (κ2) is 5.26. The third kappa shape index (κ3) is 3.03. The number of halogens is 2. The first kappa shape index (κ1) is 12.2. The summed E-state index contributed by atoms with van der Waals surface area (Å²) >= 11 is 6.30. The third-order valence-corrected chi connectivity index (χ3v) is 3.38. The molecule has 8 heteroatoms. The SMILES string of the molecule is COC(=O)CNC(=O)c1n[nH]c(Br)c1Br. The number of amides is 1. The van der Waals surface area contributed by atoms with Gasteiger partial charge in [-0.25, -0.2) is 0 Å². The number of H-pyrrole nitrogens is 1. The minimum Gasteiger partial charge on any atom is -0.468 e. The molecule has 0 atom stereocenters. The van der Waals surface area contributed by atoms with Crippen molar-refractivity contribution in [2.45, 2.75) is 0 Å². The monoisotopic (exact) mass is 339 g/mol. The summed E-state index contributed by atoms with van der Waals surface area (Å²) in [5, 5.41) is 8.66. The summed E-state index contributed by atoms with van der Waals surface area (Å²) in [5.74, 6) is -0.983. The minimum atomic E-state index is -0.519. The molecule has 15 heavy (non-hydrogen) atoms. The van der Waals surface area contributed by atoms with Crippen LogP contribution in [0.2, 0.25) is 0 Å². The zero-order chi connectivity index (χ0) is 11.4. The van der Waals surface area contributed by atoms with Crippen LogP contribution in [-0.4, -0.2) is 35.7 Å². The Morgan fingerprint density at radius 1 is 1.53 bits per heavy atom. The van der Waals surface area contributed by atoms with Crippen molar-refractivity contribution >= 4 is 43.7 Å². The summed E-state index contributed by atoms with van der Waals surface area (Å²) in [6.45, 7) is -0.188. The van der Waals surface area contributed by atoms with Crippen LogP contribution in [0.4, 0.5) is 0 Å². The van der Waals surface area contributed by atoms with Gasteiger partial charge in [-0.2, -0.15) is 5.10 Å². The number of methoxy groups -OCH3 is 1. The molecule has 0 aliphatic rings. The quantitative estimate of drug-likeness (QED) is 0.798. The van der Waals surface area contributed by atoms with Gasteiger partial charge in [-0.3, -0.25) is 14.7 Å². The molecule has 0 aromatic carbocycles. The fourth-order valence-electron chi connectivity index (χ4n) is 0.766. The average Bonchev–Trinajstić information content (AvgIpc) is 2.56. The molecular formula is C7H7Br2N3O3. The van der Waals surface area contributed by atoms with E-state index in [1.807, 2.05) is 0 Å². The zero-order valence-electron chi connectivity index (χ0n) is 7.63. The molecule has 0 saturated carbocycles. The highest BCUT2D eigenvalue weighted by Gasteiger charge is 2.16. The molecule has 1 heterocycles. The van der Waals surface area contributed by atoms with Crippen molar-refractivity contribution in [3.05, 3.63) is 14.8 Å². The van der Waals surface area contributed by atoms with Crippen molar-refractivity contribution in [1.29, 1.82) is 0 Å². The van der Waals surface area contributed by atoms with Crippen LogP contribution in [-0.2, 0) is 9.53 Å². The lowest BCUT2D eigenvalue weighted by Crippen LogP contribution is -2.30. The summed E-state index contributed by atoms with van der Waals surface area (Å²) in [6, 6.07) is 0. The Hall–Kier alpha value is -0.890. The van der Waals surface area contributed by atoms with Crippen molar-refractivity contribution in [3.63, 3.8) is 0 Å². The highest BCUT2D eigenvalue weighted by molar-refractivity contribution is 9.13. The lowest BCUT2D eigenvalue weighted by atomic mass is 10.4. The highest BCUT2D eigenvalue weighted by atomic mass is 79.9. The maximum absolute atomic E-state index is 11.4. The van der Waals surface area contributed by atoms with Crippen molar-refractivity contribution in [2.24, 2.45) is 0 Å². The lowest BCUT2D eigenvalue weighted by molar-refractivity contribution is -0.139. The van der Waals surface area contributed by atoms with Gasteiger partial charge in [0, 0.05) is 0 Å². The standard InChI is InChI=1S/C7H7Br2N3O3/c1-15-3(13)2-10-7(14)5-4(8)6(9)12-11-5/h2H2,1H3,(H,10,14)(H,11,12). The summed E-state index contributed by atoms with van der Waals surface area (Å²) in [7, 11) is 1.25. The van der Waals surface area contributed by atoms with E-state index in [-0.39, 0.29) is 12.2 Å². The van der Waals surface area contributed by atoms with E-state index in [9.17, 15) is 9.59 Å². The summed E-state index contributed by atoms with van der Waals surface area (Å²) in [5.41, 5.74) is 0.172. The van der Waals surface area contributed by atoms with E-state index in [2.05, 4.69) is 52.1 Å². The topological polar surface area (TPSA) is 84.1 Å². The first-order chi connectivity index (χ1) is 7.06. The summed E-state index contributed by atoms with van der Waals surface area (Å²) in [6.07, 6.45) is 0. The van der Waals surface area contributed by atoms with E-state index in [0.29, 0.717) is 9.08 Å². The number of nitrogens with one attached hydrogen (secondary N) is 2. The fraction of sp³-hybridized carbons (Fsp3) is 0.286. The Balaban J connectivity index is 2.62. The van der Waals surface area contributed by atoms with Crippen LogP contribution in [0.25, 0.3) is 0 Å². The summed E-state index contributed by atoms with van der Waals surface area (Å²) in [4.78, 5) is 22.2. The molecule has 1 aromatic rings. The molecule has 6 nitrogen and oxygen atoms in total. The van der Waals surface area contributed by atoms with Gasteiger partial charge in [-0.05, 0) is 31.9 Å². The predicted octanol–water partition coefficient (Wildman–Crippen LogP) is 0.837. The van der Waals surface area contributed by atoms with Crippen molar-refractivity contribution < 1.29 is 14.3 Å². The molecule has 1 aromatic heterocycles. The van der Waals surface area contributed by atoms with Crippen LogP contribution in [0.1, 0.15) is 10.5 Å². The number of carbonyl (C=O) groups is 2. The van der Waals surface area contributed by atoms with Crippen LogP contribution < -0.4 is 5.32 Å². The average molecular weight is 341 g/mol. The Kier molecular flexibility index (Phi) is 4.28. The Morgan fingerprint density at radius 3 is 2.67 bits per heavy atom. The van der Waals surface area contributed by atoms with E-state index in [0.717, 1.165) is 0 Å². The van der Waals surface area contributed by atoms with Crippen molar-refractivity contribution in [3.8, 4) is 0 Å². The molecule has 0 fully saturated rings. The minimum absolute atomic E-state index is 0.172. The number of aromatic amines is 1. The first-order valence-corrected chi connectivity index (χ1v) is 5.39. The van der Waals surface area contributed by atoms with Gasteiger partial charge in [0.15, 0.2) is 5.69 Å². The van der Waals surface area contributed by atoms with Gasteiger partial charge < -0.3 is 10.1 Å². The zero-order valence-corrected chi connectivity index (χ0v) is 10.8. The second-order valence-corrected chi connectivity index (χ2v) is 4.04. The molecule has 0 radical (unpaired) electrons. The number of esters is 1. The number of ether oxygens (including phenoxy) is 1. The molecule has 0 aliphatic carbocycles. The highest BCUT2D eigenvalue weighted by Crippen LogP contribution is 2.23. The number of rotatable bonds is 3. The van der Waals surface area contributed by atoms with Crippen molar-refractivity contribution in [2.75, 3.05) is 13.7 Å².